The van der Waals surface area contributed by atoms with E-state index in [0.29, 0.717) is 19.5 Å². The first-order valence-electron chi connectivity index (χ1n) is 8.39. The molecule has 1 aliphatic rings. The van der Waals surface area contributed by atoms with Crippen molar-refractivity contribution >= 4 is 11.8 Å². The van der Waals surface area contributed by atoms with Crippen LogP contribution in [0.3, 0.4) is 0 Å². The topological polar surface area (TPSA) is 40.6 Å². The Bertz CT molecular complexity index is 599. The van der Waals surface area contributed by atoms with Crippen LogP contribution in [-0.2, 0) is 16.1 Å². The lowest BCUT2D eigenvalue weighted by Gasteiger charge is -2.30. The van der Waals surface area contributed by atoms with Gasteiger partial charge in [0.2, 0.25) is 11.8 Å². The molecule has 4 nitrogen and oxygen atoms in total. The molecule has 2 amide bonds. The molecule has 1 saturated heterocycles. The zero-order valence-corrected chi connectivity index (χ0v) is 14.4. The van der Waals surface area contributed by atoms with Crippen molar-refractivity contribution in [2.24, 2.45) is 5.92 Å². The molecule has 24 heavy (non-hydrogen) atoms. The maximum atomic E-state index is 13.9. The van der Waals surface area contributed by atoms with E-state index in [2.05, 4.69) is 0 Å². The summed E-state index contributed by atoms with van der Waals surface area (Å²) in [5, 5.41) is 0. The van der Waals surface area contributed by atoms with Crippen LogP contribution in [0, 0.1) is 17.6 Å². The predicted molar refractivity (Wildman–Crippen MR) is 87.0 cm³/mol. The maximum absolute atomic E-state index is 13.9. The van der Waals surface area contributed by atoms with Gasteiger partial charge in [-0.2, -0.15) is 0 Å². The fourth-order valence-corrected chi connectivity index (χ4v) is 3.05. The third-order valence-corrected chi connectivity index (χ3v) is 4.42. The number of carbonyl (C=O) groups is 2. The summed E-state index contributed by atoms with van der Waals surface area (Å²) < 4.78 is 27.7. The van der Waals surface area contributed by atoms with Gasteiger partial charge in [0, 0.05) is 24.6 Å². The molecule has 0 N–H and O–H groups in total. The highest BCUT2D eigenvalue weighted by molar-refractivity contribution is 5.89. The van der Waals surface area contributed by atoms with Crippen LogP contribution < -0.4 is 0 Å². The van der Waals surface area contributed by atoms with E-state index in [4.69, 9.17) is 0 Å². The average Bonchev–Trinajstić information content (AvgIpc) is 3.02. The monoisotopic (exact) mass is 338 g/mol. The Morgan fingerprint density at radius 1 is 1.29 bits per heavy atom. The molecule has 0 bridgehead atoms. The molecule has 2 rings (SSSR count). The van der Waals surface area contributed by atoms with Gasteiger partial charge in [-0.3, -0.25) is 9.59 Å². The Morgan fingerprint density at radius 2 is 1.92 bits per heavy atom. The van der Waals surface area contributed by atoms with E-state index in [1.54, 1.807) is 25.7 Å². The largest absolute Gasteiger partial charge is 0.337 e. The van der Waals surface area contributed by atoms with Crippen LogP contribution >= 0.6 is 0 Å². The summed E-state index contributed by atoms with van der Waals surface area (Å²) >= 11 is 0. The Balaban J connectivity index is 2.18. The Labute approximate surface area is 141 Å². The van der Waals surface area contributed by atoms with Gasteiger partial charge < -0.3 is 9.80 Å². The number of nitrogens with zero attached hydrogens (tertiary/aromatic N) is 2. The maximum Gasteiger partial charge on any atom is 0.245 e. The van der Waals surface area contributed by atoms with Crippen molar-refractivity contribution in [1.82, 2.24) is 9.80 Å². The molecule has 1 heterocycles. The fourth-order valence-electron chi connectivity index (χ4n) is 3.05. The smallest absolute Gasteiger partial charge is 0.245 e. The van der Waals surface area contributed by atoms with Crippen molar-refractivity contribution in [1.29, 1.82) is 0 Å². The molecule has 0 aliphatic carbocycles. The number of carbonyl (C=O) groups excluding carboxylic acids is 2. The second-order valence-electron chi connectivity index (χ2n) is 6.40. The molecule has 1 unspecified atom stereocenters. The molecule has 1 aromatic carbocycles. The zero-order chi connectivity index (χ0) is 17.9. The Morgan fingerprint density at radius 3 is 2.46 bits per heavy atom. The number of likely N-dealkylation sites (N-methyl/N-ethyl adjacent to an activating group) is 1. The van der Waals surface area contributed by atoms with E-state index >= 15 is 0 Å². The lowest BCUT2D eigenvalue weighted by molar-refractivity contribution is -0.145. The molecule has 1 fully saturated rings. The highest BCUT2D eigenvalue weighted by Crippen LogP contribution is 2.23. The summed E-state index contributed by atoms with van der Waals surface area (Å²) in [6.07, 6.45) is 1.36. The number of halogens is 2. The van der Waals surface area contributed by atoms with Gasteiger partial charge in [-0.25, -0.2) is 8.78 Å². The van der Waals surface area contributed by atoms with E-state index in [0.717, 1.165) is 6.42 Å². The van der Waals surface area contributed by atoms with E-state index in [1.807, 2.05) is 0 Å². The standard InChI is InChI=1S/C18H24F2N2O2/c1-4-21(11-13-14(19)7-5-8-15(13)20)18(24)16-9-6-10-22(16)17(23)12(2)3/h5,7-8,12,16H,4,6,9-11H2,1-3H3. The Hall–Kier alpha value is -1.98. The molecule has 0 spiro atoms. The van der Waals surface area contributed by atoms with Crippen molar-refractivity contribution in [3.05, 3.63) is 35.4 Å². The van der Waals surface area contributed by atoms with E-state index in [9.17, 15) is 18.4 Å². The minimum atomic E-state index is -0.664. The molecule has 132 valence electrons. The number of likely N-dealkylation sites (tertiary alicyclic amines) is 1. The molecular formula is C18H24F2N2O2. The molecular weight excluding hydrogens is 314 g/mol. The molecule has 6 heteroatoms. The second-order valence-corrected chi connectivity index (χ2v) is 6.40. The highest BCUT2D eigenvalue weighted by atomic mass is 19.1. The SMILES string of the molecule is CCN(Cc1c(F)cccc1F)C(=O)C1CCCN1C(=O)C(C)C. The van der Waals surface area contributed by atoms with Crippen molar-refractivity contribution < 1.29 is 18.4 Å². The fraction of sp³-hybridized carbons (Fsp3) is 0.556. The first-order chi connectivity index (χ1) is 11.4. The van der Waals surface area contributed by atoms with Crippen molar-refractivity contribution in [2.45, 2.75) is 46.2 Å². The van der Waals surface area contributed by atoms with Crippen molar-refractivity contribution in [2.75, 3.05) is 13.1 Å². The van der Waals surface area contributed by atoms with Crippen LogP contribution in [0.1, 0.15) is 39.2 Å². The lowest BCUT2D eigenvalue weighted by atomic mass is 10.1. The van der Waals surface area contributed by atoms with Crippen LogP contribution in [-0.4, -0.2) is 40.7 Å². The predicted octanol–water partition coefficient (Wildman–Crippen LogP) is 2.96. The quantitative estimate of drug-likeness (QED) is 0.828. The second kappa shape index (κ2) is 7.73. The van der Waals surface area contributed by atoms with Gasteiger partial charge in [-0.1, -0.05) is 19.9 Å². The summed E-state index contributed by atoms with van der Waals surface area (Å²) in [6.45, 7) is 6.11. The van der Waals surface area contributed by atoms with Gasteiger partial charge in [-0.15, -0.1) is 0 Å². The van der Waals surface area contributed by atoms with Gasteiger partial charge in [0.1, 0.15) is 17.7 Å². The van der Waals surface area contributed by atoms with Gasteiger partial charge in [-0.05, 0) is 31.9 Å². The molecule has 1 aliphatic heterocycles. The molecule has 1 atom stereocenters. The minimum Gasteiger partial charge on any atom is -0.337 e. The normalized spacial score (nSPS) is 17.4. The van der Waals surface area contributed by atoms with Crippen LogP contribution in [0.25, 0.3) is 0 Å². The lowest BCUT2D eigenvalue weighted by Crippen LogP contribution is -2.48. The first-order valence-corrected chi connectivity index (χ1v) is 8.39. The van der Waals surface area contributed by atoms with Crippen LogP contribution in [0.5, 0.6) is 0 Å². The summed E-state index contributed by atoms with van der Waals surface area (Å²) in [7, 11) is 0. The van der Waals surface area contributed by atoms with Crippen LogP contribution in [0.4, 0.5) is 8.78 Å². The number of hydrogen-bond donors (Lipinski definition) is 0. The minimum absolute atomic E-state index is 0.0565. The number of hydrogen-bond acceptors (Lipinski definition) is 2. The molecule has 0 aromatic heterocycles. The highest BCUT2D eigenvalue weighted by Gasteiger charge is 2.37. The molecule has 0 saturated carbocycles. The molecule has 1 aromatic rings. The number of amides is 2. The molecule has 0 radical (unpaired) electrons. The van der Waals surface area contributed by atoms with E-state index in [-0.39, 0.29) is 29.8 Å². The van der Waals surface area contributed by atoms with Gasteiger partial charge in [0.25, 0.3) is 0 Å². The van der Waals surface area contributed by atoms with Crippen molar-refractivity contribution in [3.63, 3.8) is 0 Å². The third kappa shape index (κ3) is 3.74. The Kier molecular flexibility index (Phi) is 5.91. The van der Waals surface area contributed by atoms with Crippen LogP contribution in [0.2, 0.25) is 0 Å². The van der Waals surface area contributed by atoms with Crippen LogP contribution in [0.15, 0.2) is 18.2 Å². The number of rotatable bonds is 5. The summed E-state index contributed by atoms with van der Waals surface area (Å²) in [5.41, 5.74) is -0.118. The average molecular weight is 338 g/mol. The van der Waals surface area contributed by atoms with E-state index < -0.39 is 17.7 Å². The van der Waals surface area contributed by atoms with Gasteiger partial charge in [0.05, 0.1) is 6.54 Å². The van der Waals surface area contributed by atoms with Gasteiger partial charge >= 0.3 is 0 Å². The summed E-state index contributed by atoms with van der Waals surface area (Å²) in [5.74, 6) is -1.81. The summed E-state index contributed by atoms with van der Waals surface area (Å²) in [4.78, 5) is 28.1. The van der Waals surface area contributed by atoms with E-state index in [1.165, 1.54) is 23.1 Å². The first kappa shape index (κ1) is 18.4. The summed E-state index contributed by atoms with van der Waals surface area (Å²) in [6, 6.07) is 3.13. The van der Waals surface area contributed by atoms with Gasteiger partial charge in [0.15, 0.2) is 0 Å². The van der Waals surface area contributed by atoms with Crippen molar-refractivity contribution in [3.8, 4) is 0 Å². The third-order valence-electron chi connectivity index (χ3n) is 4.42. The zero-order valence-electron chi connectivity index (χ0n) is 14.4. The number of benzene rings is 1.